The van der Waals surface area contributed by atoms with Crippen LogP contribution in [0.3, 0.4) is 0 Å². The number of nitrogens with zero attached hydrogens (tertiary/aromatic N) is 3. The zero-order valence-corrected chi connectivity index (χ0v) is 18.0. The van der Waals surface area contributed by atoms with E-state index >= 15 is 0 Å². The Morgan fingerprint density at radius 1 is 1.06 bits per heavy atom. The number of benzene rings is 1. The molecular weight excluding hydrogens is 410 g/mol. The maximum absolute atomic E-state index is 13.0. The highest BCUT2D eigenvalue weighted by Gasteiger charge is 2.26. The fourth-order valence-electron chi connectivity index (χ4n) is 4.28. The van der Waals surface area contributed by atoms with Crippen molar-refractivity contribution >= 4 is 28.4 Å². The van der Waals surface area contributed by atoms with Gasteiger partial charge in [-0.3, -0.25) is 10.1 Å². The van der Waals surface area contributed by atoms with Crippen LogP contribution in [-0.2, 0) is 13.0 Å². The summed E-state index contributed by atoms with van der Waals surface area (Å²) >= 11 is 1.46. The highest BCUT2D eigenvalue weighted by molar-refractivity contribution is 7.15. The molecule has 8 heteroatoms. The quantitative estimate of drug-likeness (QED) is 0.645. The lowest BCUT2D eigenvalue weighted by atomic mass is 10.1. The Kier molecular flexibility index (Phi) is 5.46. The Hall–Kier alpha value is -3.13. The van der Waals surface area contributed by atoms with Crippen LogP contribution in [0, 0.1) is 0 Å². The van der Waals surface area contributed by atoms with E-state index in [9.17, 15) is 9.59 Å². The maximum Gasteiger partial charge on any atom is 0.321 e. The summed E-state index contributed by atoms with van der Waals surface area (Å²) < 4.78 is 2.01. The minimum Gasteiger partial charge on any atom is -0.335 e. The number of hydrogen-bond acceptors (Lipinski definition) is 4. The van der Waals surface area contributed by atoms with Crippen LogP contribution < -0.4 is 10.6 Å². The smallest absolute Gasteiger partial charge is 0.321 e. The lowest BCUT2D eigenvalue weighted by Crippen LogP contribution is -2.36. The first kappa shape index (κ1) is 19.8. The summed E-state index contributed by atoms with van der Waals surface area (Å²) in [5, 5.41) is 6.50. The molecule has 0 atom stereocenters. The number of urea groups is 1. The number of nitrogens with one attached hydrogen (secondary N) is 2. The fourth-order valence-corrected chi connectivity index (χ4v) is 5.30. The van der Waals surface area contributed by atoms with Crippen molar-refractivity contribution in [3.05, 3.63) is 64.9 Å². The molecule has 0 unspecified atom stereocenters. The van der Waals surface area contributed by atoms with Crippen LogP contribution in [0.1, 0.15) is 46.6 Å². The Morgan fingerprint density at radius 2 is 1.81 bits per heavy atom. The number of carbonyl (C=O) groups is 2. The molecule has 5 rings (SSSR count). The summed E-state index contributed by atoms with van der Waals surface area (Å²) in [5.74, 6) is 0.0200. The topological polar surface area (TPSA) is 79.3 Å². The van der Waals surface area contributed by atoms with E-state index in [4.69, 9.17) is 0 Å². The summed E-state index contributed by atoms with van der Waals surface area (Å²) in [6.45, 7) is 1.15. The van der Waals surface area contributed by atoms with Crippen LogP contribution in [0.15, 0.2) is 48.8 Å². The van der Waals surface area contributed by atoms with Gasteiger partial charge in [0, 0.05) is 47.5 Å². The van der Waals surface area contributed by atoms with Crippen molar-refractivity contribution in [3.63, 3.8) is 0 Å². The molecule has 0 spiro atoms. The van der Waals surface area contributed by atoms with Crippen molar-refractivity contribution in [1.82, 2.24) is 19.8 Å². The van der Waals surface area contributed by atoms with Crippen LogP contribution in [0.5, 0.6) is 0 Å². The van der Waals surface area contributed by atoms with E-state index in [2.05, 4.69) is 15.6 Å². The van der Waals surface area contributed by atoms with E-state index in [1.807, 2.05) is 58.3 Å². The normalized spacial score (nSPS) is 16.2. The van der Waals surface area contributed by atoms with Crippen LogP contribution in [0.25, 0.3) is 5.69 Å². The third-order valence-electron chi connectivity index (χ3n) is 5.95. The fraction of sp³-hybridized carbons (Fsp3) is 0.348. The molecule has 0 bridgehead atoms. The van der Waals surface area contributed by atoms with Gasteiger partial charge >= 0.3 is 6.03 Å². The van der Waals surface area contributed by atoms with E-state index < -0.39 is 0 Å². The second-order valence-electron chi connectivity index (χ2n) is 8.08. The molecule has 1 aliphatic carbocycles. The first-order valence-electron chi connectivity index (χ1n) is 10.7. The molecule has 3 heterocycles. The molecule has 7 nitrogen and oxygen atoms in total. The third-order valence-corrected chi connectivity index (χ3v) is 6.94. The number of carbonyl (C=O) groups excluding carboxylic acids is 2. The van der Waals surface area contributed by atoms with Crippen LogP contribution in [0.4, 0.5) is 9.93 Å². The summed E-state index contributed by atoms with van der Waals surface area (Å²) in [4.78, 5) is 32.7. The Morgan fingerprint density at radius 3 is 2.55 bits per heavy atom. The molecule has 3 amide bonds. The van der Waals surface area contributed by atoms with Crippen molar-refractivity contribution in [2.75, 3.05) is 11.9 Å². The minimum absolute atomic E-state index is 0.0200. The lowest BCUT2D eigenvalue weighted by Gasteiger charge is -2.26. The number of rotatable bonds is 4. The molecule has 0 saturated heterocycles. The lowest BCUT2D eigenvalue weighted by molar-refractivity contribution is 0.0736. The molecule has 160 valence electrons. The van der Waals surface area contributed by atoms with Crippen molar-refractivity contribution in [2.45, 2.75) is 44.7 Å². The number of anilines is 1. The maximum atomic E-state index is 13.0. The largest absolute Gasteiger partial charge is 0.335 e. The van der Waals surface area contributed by atoms with Gasteiger partial charge in [0.05, 0.1) is 12.2 Å². The van der Waals surface area contributed by atoms with Crippen molar-refractivity contribution in [2.24, 2.45) is 0 Å². The summed E-state index contributed by atoms with van der Waals surface area (Å²) in [6.07, 6.45) is 9.10. The molecule has 2 aromatic heterocycles. The Bertz CT molecular complexity index is 1070. The van der Waals surface area contributed by atoms with Gasteiger partial charge in [0.2, 0.25) is 0 Å². The molecule has 0 radical (unpaired) electrons. The molecule has 1 aliphatic heterocycles. The second-order valence-corrected chi connectivity index (χ2v) is 9.17. The van der Waals surface area contributed by atoms with Gasteiger partial charge < -0.3 is 14.8 Å². The van der Waals surface area contributed by atoms with Crippen molar-refractivity contribution in [1.29, 1.82) is 0 Å². The van der Waals surface area contributed by atoms with E-state index in [0.29, 0.717) is 30.2 Å². The van der Waals surface area contributed by atoms with Crippen LogP contribution >= 0.6 is 11.3 Å². The summed E-state index contributed by atoms with van der Waals surface area (Å²) in [7, 11) is 0. The standard InChI is InChI=1S/C23H25N5O2S/c29-21(16-7-9-18(10-8-16)27-12-3-4-13-27)28-14-11-19-20(15-28)31-23(25-19)26-22(30)24-17-5-1-2-6-17/h3-4,7-10,12-13,17H,1-2,5-6,11,14-15H2,(H2,24,25,26,30). The molecule has 1 saturated carbocycles. The SMILES string of the molecule is O=C(Nc1nc2c(s1)CN(C(=O)c1ccc(-n3cccc3)cc1)CC2)NC1CCCC1. The van der Waals surface area contributed by atoms with Crippen molar-refractivity contribution < 1.29 is 9.59 Å². The molecule has 2 aliphatic rings. The second kappa shape index (κ2) is 8.55. The molecule has 2 N–H and O–H groups in total. The minimum atomic E-state index is -0.186. The van der Waals surface area contributed by atoms with Gasteiger partial charge in [-0.15, -0.1) is 0 Å². The summed E-state index contributed by atoms with van der Waals surface area (Å²) in [6, 6.07) is 11.7. The molecule has 1 fully saturated rings. The number of fused-ring (bicyclic) bond motifs is 1. The monoisotopic (exact) mass is 435 g/mol. The van der Waals surface area contributed by atoms with Gasteiger partial charge in [-0.1, -0.05) is 24.2 Å². The predicted molar refractivity (Wildman–Crippen MR) is 121 cm³/mol. The summed E-state index contributed by atoms with van der Waals surface area (Å²) in [5.41, 5.74) is 2.68. The van der Waals surface area contributed by atoms with Crippen LogP contribution in [0.2, 0.25) is 0 Å². The third kappa shape index (κ3) is 4.34. The number of amides is 3. The Labute approximate surface area is 185 Å². The molecule has 31 heavy (non-hydrogen) atoms. The van der Waals surface area contributed by atoms with Gasteiger partial charge in [-0.05, 0) is 49.2 Å². The average Bonchev–Trinajstić information content (AvgIpc) is 3.54. The van der Waals surface area contributed by atoms with Gasteiger partial charge in [-0.2, -0.15) is 0 Å². The van der Waals surface area contributed by atoms with Gasteiger partial charge in [0.1, 0.15) is 0 Å². The van der Waals surface area contributed by atoms with Gasteiger partial charge in [0.15, 0.2) is 5.13 Å². The average molecular weight is 436 g/mol. The number of aromatic nitrogens is 2. The number of hydrogen-bond donors (Lipinski definition) is 2. The van der Waals surface area contributed by atoms with Crippen molar-refractivity contribution in [3.8, 4) is 5.69 Å². The number of thiazole rings is 1. The van der Waals surface area contributed by atoms with Crippen LogP contribution in [-0.4, -0.2) is 39.0 Å². The molecular formula is C23H25N5O2S. The van der Waals surface area contributed by atoms with Gasteiger partial charge in [-0.25, -0.2) is 9.78 Å². The van der Waals surface area contributed by atoms with E-state index in [1.54, 1.807) is 0 Å². The highest BCUT2D eigenvalue weighted by atomic mass is 32.1. The zero-order chi connectivity index (χ0) is 21.2. The predicted octanol–water partition coefficient (Wildman–Crippen LogP) is 4.20. The first-order chi connectivity index (χ1) is 15.2. The molecule has 1 aromatic carbocycles. The first-order valence-corrected chi connectivity index (χ1v) is 11.6. The highest BCUT2D eigenvalue weighted by Crippen LogP contribution is 2.29. The van der Waals surface area contributed by atoms with E-state index in [0.717, 1.165) is 29.1 Å². The van der Waals surface area contributed by atoms with Gasteiger partial charge in [0.25, 0.3) is 5.91 Å². The zero-order valence-electron chi connectivity index (χ0n) is 17.2. The molecule has 3 aromatic rings. The van der Waals surface area contributed by atoms with E-state index in [1.165, 1.54) is 24.2 Å². The van der Waals surface area contributed by atoms with E-state index in [-0.39, 0.29) is 18.0 Å². The Balaban J connectivity index is 1.22.